The summed E-state index contributed by atoms with van der Waals surface area (Å²) in [6.45, 7) is 3.29. The van der Waals surface area contributed by atoms with Gasteiger partial charge in [-0.05, 0) is 31.5 Å². The molecule has 0 aliphatic carbocycles. The molecule has 0 bridgehead atoms. The maximum absolute atomic E-state index is 12.7. The van der Waals surface area contributed by atoms with Crippen LogP contribution in [0.3, 0.4) is 0 Å². The minimum absolute atomic E-state index is 0.00803. The van der Waals surface area contributed by atoms with Crippen LogP contribution in [-0.2, 0) is 9.59 Å². The predicted molar refractivity (Wildman–Crippen MR) is 98.2 cm³/mol. The van der Waals surface area contributed by atoms with Crippen LogP contribution in [0, 0.1) is 0 Å². The van der Waals surface area contributed by atoms with E-state index in [9.17, 15) is 9.59 Å². The number of benzene rings is 1. The lowest BCUT2D eigenvalue weighted by atomic mass is 10.2. The van der Waals surface area contributed by atoms with Gasteiger partial charge in [-0.3, -0.25) is 14.5 Å². The molecule has 6 heteroatoms. The predicted octanol–water partition coefficient (Wildman–Crippen LogP) is 2.05. The van der Waals surface area contributed by atoms with Crippen molar-refractivity contribution in [3.63, 3.8) is 0 Å². The molecule has 1 aromatic rings. The van der Waals surface area contributed by atoms with Crippen molar-refractivity contribution >= 4 is 29.3 Å². The highest BCUT2D eigenvalue weighted by molar-refractivity contribution is 7.99. The van der Waals surface area contributed by atoms with Crippen LogP contribution in [0.1, 0.15) is 19.3 Å². The molecule has 2 aliphatic rings. The Balaban J connectivity index is 1.48. The Hall–Kier alpha value is -1.53. The summed E-state index contributed by atoms with van der Waals surface area (Å²) in [6, 6.07) is 9.47. The van der Waals surface area contributed by atoms with Crippen molar-refractivity contribution in [3.8, 4) is 0 Å². The van der Waals surface area contributed by atoms with Gasteiger partial charge in [-0.25, -0.2) is 0 Å². The summed E-state index contributed by atoms with van der Waals surface area (Å²) in [7, 11) is 0. The van der Waals surface area contributed by atoms with Gasteiger partial charge >= 0.3 is 0 Å². The van der Waals surface area contributed by atoms with E-state index in [1.165, 1.54) is 0 Å². The molecule has 2 amide bonds. The monoisotopic (exact) mass is 347 g/mol. The standard InChI is InChI=1S/C18H25N3O2S/c22-17(19-15-5-2-1-3-6-15)8-10-20-9-4-7-16(20)18(23)21-11-13-24-14-12-21/h1-3,5-6,16H,4,7-14H2,(H,19,22)/t16-/m1/s1. The first-order valence-electron chi connectivity index (χ1n) is 8.69. The molecule has 0 unspecified atom stereocenters. The number of hydrogen-bond donors (Lipinski definition) is 1. The third-order valence-electron chi connectivity index (χ3n) is 4.66. The van der Waals surface area contributed by atoms with E-state index >= 15 is 0 Å². The molecule has 2 fully saturated rings. The summed E-state index contributed by atoms with van der Waals surface area (Å²) in [5, 5.41) is 2.91. The number of nitrogens with zero attached hydrogens (tertiary/aromatic N) is 2. The zero-order chi connectivity index (χ0) is 16.8. The van der Waals surface area contributed by atoms with Crippen molar-refractivity contribution in [1.82, 2.24) is 9.80 Å². The molecule has 0 spiro atoms. The van der Waals surface area contributed by atoms with E-state index in [0.29, 0.717) is 13.0 Å². The molecule has 1 atom stereocenters. The molecule has 5 nitrogen and oxygen atoms in total. The van der Waals surface area contributed by atoms with Crippen molar-refractivity contribution in [2.75, 3.05) is 43.0 Å². The van der Waals surface area contributed by atoms with Crippen molar-refractivity contribution in [3.05, 3.63) is 30.3 Å². The average Bonchev–Trinajstić information content (AvgIpc) is 3.09. The molecule has 0 aromatic heterocycles. The molecule has 0 radical (unpaired) electrons. The molecule has 1 aromatic carbocycles. The normalized spacial score (nSPS) is 21.7. The van der Waals surface area contributed by atoms with Gasteiger partial charge < -0.3 is 10.2 Å². The Labute approximate surface area is 147 Å². The fraction of sp³-hybridized carbons (Fsp3) is 0.556. The molecule has 1 N–H and O–H groups in total. The minimum atomic E-state index is -0.0300. The van der Waals surface area contributed by atoms with Crippen LogP contribution in [0.4, 0.5) is 5.69 Å². The number of likely N-dealkylation sites (tertiary alicyclic amines) is 1. The van der Waals surface area contributed by atoms with Crippen molar-refractivity contribution in [1.29, 1.82) is 0 Å². The van der Waals surface area contributed by atoms with Gasteiger partial charge in [0.2, 0.25) is 11.8 Å². The van der Waals surface area contributed by atoms with E-state index in [4.69, 9.17) is 0 Å². The van der Waals surface area contributed by atoms with Crippen LogP contribution in [0.15, 0.2) is 30.3 Å². The zero-order valence-electron chi connectivity index (χ0n) is 13.9. The summed E-state index contributed by atoms with van der Waals surface area (Å²) in [6.07, 6.45) is 2.39. The minimum Gasteiger partial charge on any atom is -0.340 e. The number of carbonyl (C=O) groups excluding carboxylic acids is 2. The van der Waals surface area contributed by atoms with Crippen molar-refractivity contribution in [2.24, 2.45) is 0 Å². The number of para-hydroxylation sites is 1. The van der Waals surface area contributed by atoms with Gasteiger partial charge in [0.25, 0.3) is 0 Å². The van der Waals surface area contributed by atoms with Crippen molar-refractivity contribution < 1.29 is 9.59 Å². The number of amides is 2. The number of rotatable bonds is 5. The maximum atomic E-state index is 12.7. The van der Waals surface area contributed by atoms with Gasteiger partial charge in [0.05, 0.1) is 6.04 Å². The van der Waals surface area contributed by atoms with Crippen LogP contribution < -0.4 is 5.32 Å². The van der Waals surface area contributed by atoms with E-state index in [1.54, 1.807) is 0 Å². The van der Waals surface area contributed by atoms with Gasteiger partial charge in [0.15, 0.2) is 0 Å². The molecule has 2 heterocycles. The summed E-state index contributed by atoms with van der Waals surface area (Å²) >= 11 is 1.91. The van der Waals surface area contributed by atoms with Crippen molar-refractivity contribution in [2.45, 2.75) is 25.3 Å². The number of anilines is 1. The molecule has 24 heavy (non-hydrogen) atoms. The van der Waals surface area contributed by atoms with Gasteiger partial charge in [-0.15, -0.1) is 0 Å². The summed E-state index contributed by atoms with van der Waals surface area (Å²) in [4.78, 5) is 29.0. The SMILES string of the molecule is O=C(CCN1CCC[C@@H]1C(=O)N1CCSCC1)Nc1ccccc1. The van der Waals surface area contributed by atoms with Crippen LogP contribution in [0.25, 0.3) is 0 Å². The van der Waals surface area contributed by atoms with Crippen LogP contribution in [0.2, 0.25) is 0 Å². The highest BCUT2D eigenvalue weighted by Gasteiger charge is 2.34. The highest BCUT2D eigenvalue weighted by Crippen LogP contribution is 2.21. The lowest BCUT2D eigenvalue weighted by Crippen LogP contribution is -2.48. The van der Waals surface area contributed by atoms with Gasteiger partial charge in [0.1, 0.15) is 0 Å². The number of hydrogen-bond acceptors (Lipinski definition) is 4. The van der Waals surface area contributed by atoms with Gasteiger partial charge in [0, 0.05) is 43.2 Å². The Bertz CT molecular complexity index is 561. The zero-order valence-corrected chi connectivity index (χ0v) is 14.8. The number of carbonyl (C=O) groups is 2. The maximum Gasteiger partial charge on any atom is 0.239 e. The third-order valence-corrected chi connectivity index (χ3v) is 5.60. The van der Waals surface area contributed by atoms with Crippen LogP contribution >= 0.6 is 11.8 Å². The first kappa shape index (κ1) is 17.3. The highest BCUT2D eigenvalue weighted by atomic mass is 32.2. The van der Waals surface area contributed by atoms with E-state index in [1.807, 2.05) is 47.0 Å². The number of nitrogens with one attached hydrogen (secondary N) is 1. The molecular weight excluding hydrogens is 322 g/mol. The molecule has 2 aliphatic heterocycles. The Morgan fingerprint density at radius 2 is 1.88 bits per heavy atom. The van der Waals surface area contributed by atoms with Crippen LogP contribution in [-0.4, -0.2) is 65.3 Å². The first-order chi connectivity index (χ1) is 11.7. The molecule has 130 valence electrons. The smallest absolute Gasteiger partial charge is 0.239 e. The fourth-order valence-electron chi connectivity index (χ4n) is 3.36. The van der Waals surface area contributed by atoms with Gasteiger partial charge in [-0.2, -0.15) is 11.8 Å². The van der Waals surface area contributed by atoms with E-state index in [2.05, 4.69) is 10.2 Å². The Morgan fingerprint density at radius 3 is 2.62 bits per heavy atom. The van der Waals surface area contributed by atoms with E-state index in [-0.39, 0.29) is 17.9 Å². The average molecular weight is 347 g/mol. The topological polar surface area (TPSA) is 52.7 Å². The van der Waals surface area contributed by atoms with E-state index in [0.717, 1.165) is 49.7 Å². The summed E-state index contributed by atoms with van der Waals surface area (Å²) in [5.74, 6) is 2.35. The largest absolute Gasteiger partial charge is 0.340 e. The fourth-order valence-corrected chi connectivity index (χ4v) is 4.26. The summed E-state index contributed by atoms with van der Waals surface area (Å²) < 4.78 is 0. The molecule has 0 saturated carbocycles. The number of thioether (sulfide) groups is 1. The summed E-state index contributed by atoms with van der Waals surface area (Å²) in [5.41, 5.74) is 0.822. The quantitative estimate of drug-likeness (QED) is 0.886. The molecule has 2 saturated heterocycles. The van der Waals surface area contributed by atoms with Gasteiger partial charge in [-0.1, -0.05) is 18.2 Å². The molecule has 3 rings (SSSR count). The Kier molecular flexibility index (Phi) is 6.15. The lowest BCUT2D eigenvalue weighted by molar-refractivity contribution is -0.136. The molecular formula is C18H25N3O2S. The third kappa shape index (κ3) is 4.51. The van der Waals surface area contributed by atoms with E-state index < -0.39 is 0 Å². The second kappa shape index (κ2) is 8.53. The second-order valence-electron chi connectivity index (χ2n) is 6.30. The second-order valence-corrected chi connectivity index (χ2v) is 7.52. The first-order valence-corrected chi connectivity index (χ1v) is 9.85. The van der Waals surface area contributed by atoms with Crippen LogP contribution in [0.5, 0.6) is 0 Å². The Morgan fingerprint density at radius 1 is 1.12 bits per heavy atom. The lowest BCUT2D eigenvalue weighted by Gasteiger charge is -2.32.